The van der Waals surface area contributed by atoms with Crippen molar-refractivity contribution in [3.63, 3.8) is 0 Å². The topological polar surface area (TPSA) is 58.1 Å². The smallest absolute Gasteiger partial charge is 0.191 e. The first kappa shape index (κ1) is 25.3. The highest BCUT2D eigenvalue weighted by Gasteiger charge is 2.14. The van der Waals surface area contributed by atoms with E-state index >= 15 is 0 Å². The highest BCUT2D eigenvalue weighted by molar-refractivity contribution is 14.0. The van der Waals surface area contributed by atoms with E-state index in [4.69, 9.17) is 9.47 Å². The Morgan fingerprint density at radius 1 is 1.13 bits per heavy atom. The number of halogens is 1. The Bertz CT molecular complexity index is 825. The van der Waals surface area contributed by atoms with E-state index < -0.39 is 0 Å². The van der Waals surface area contributed by atoms with E-state index in [1.807, 2.05) is 24.3 Å². The zero-order chi connectivity index (χ0) is 21.2. The Kier molecular flexibility index (Phi) is 10.9. The van der Waals surface area contributed by atoms with Crippen LogP contribution < -0.4 is 20.3 Å². The fourth-order valence-corrected chi connectivity index (χ4v) is 3.64. The fraction of sp³-hybridized carbons (Fsp3) is 0.458. The zero-order valence-electron chi connectivity index (χ0n) is 18.8. The van der Waals surface area contributed by atoms with Crippen molar-refractivity contribution in [1.29, 1.82) is 0 Å². The summed E-state index contributed by atoms with van der Waals surface area (Å²) < 4.78 is 11.0. The van der Waals surface area contributed by atoms with Crippen LogP contribution in [-0.4, -0.2) is 46.4 Å². The molecule has 6 nitrogen and oxygen atoms in total. The summed E-state index contributed by atoms with van der Waals surface area (Å²) in [5, 5.41) is 6.80. The molecule has 1 saturated heterocycles. The maximum Gasteiger partial charge on any atom is 0.191 e. The minimum absolute atomic E-state index is 0. The van der Waals surface area contributed by atoms with Gasteiger partial charge in [0.05, 0.1) is 26.4 Å². The molecule has 31 heavy (non-hydrogen) atoms. The van der Waals surface area contributed by atoms with Crippen LogP contribution >= 0.6 is 24.0 Å². The van der Waals surface area contributed by atoms with Crippen LogP contribution in [0.1, 0.15) is 36.9 Å². The first-order chi connectivity index (χ1) is 14.7. The van der Waals surface area contributed by atoms with Gasteiger partial charge in [-0.25, -0.2) is 0 Å². The summed E-state index contributed by atoms with van der Waals surface area (Å²) in [6, 6.07) is 16.9. The maximum absolute atomic E-state index is 5.77. The van der Waals surface area contributed by atoms with Gasteiger partial charge in [-0.05, 0) is 55.2 Å². The van der Waals surface area contributed by atoms with Gasteiger partial charge in [-0.3, -0.25) is 4.99 Å². The van der Waals surface area contributed by atoms with E-state index in [1.54, 1.807) is 14.2 Å². The molecule has 0 saturated carbocycles. The van der Waals surface area contributed by atoms with Crippen molar-refractivity contribution in [3.8, 4) is 5.75 Å². The Morgan fingerprint density at radius 3 is 2.65 bits per heavy atom. The van der Waals surface area contributed by atoms with Gasteiger partial charge in [0.25, 0.3) is 0 Å². The zero-order valence-corrected chi connectivity index (χ0v) is 21.1. The van der Waals surface area contributed by atoms with Gasteiger partial charge in [0.15, 0.2) is 5.96 Å². The summed E-state index contributed by atoms with van der Waals surface area (Å²) in [6.07, 6.45) is 2.57. The molecule has 1 aliphatic rings. The molecule has 7 heteroatoms. The summed E-state index contributed by atoms with van der Waals surface area (Å²) in [5.74, 6) is 1.63. The Balaban J connectivity index is 0.00000341. The third-order valence-corrected chi connectivity index (χ3v) is 5.36. The van der Waals surface area contributed by atoms with Gasteiger partial charge >= 0.3 is 0 Å². The third-order valence-electron chi connectivity index (χ3n) is 5.36. The molecular formula is C24H35IN4O2. The number of ether oxygens (including phenoxy) is 2. The molecule has 0 bridgehead atoms. The van der Waals surface area contributed by atoms with Crippen molar-refractivity contribution < 1.29 is 9.47 Å². The summed E-state index contributed by atoms with van der Waals surface area (Å²) in [7, 11) is 3.46. The normalized spacial score (nSPS) is 14.7. The van der Waals surface area contributed by atoms with E-state index in [0.29, 0.717) is 19.8 Å². The van der Waals surface area contributed by atoms with Crippen LogP contribution in [0.5, 0.6) is 5.75 Å². The van der Waals surface area contributed by atoms with Gasteiger partial charge in [-0.2, -0.15) is 0 Å². The van der Waals surface area contributed by atoms with Crippen LogP contribution in [0.2, 0.25) is 0 Å². The molecule has 2 aromatic carbocycles. The van der Waals surface area contributed by atoms with Crippen molar-refractivity contribution in [2.24, 2.45) is 4.99 Å². The van der Waals surface area contributed by atoms with Crippen LogP contribution in [0.3, 0.4) is 0 Å². The SMILES string of the molecule is CN=C(NCCOCc1cccc(OC)c1)NC(C)c1cccc(N2CCCC2)c1.I. The van der Waals surface area contributed by atoms with Crippen molar-refractivity contribution in [3.05, 3.63) is 59.7 Å². The molecule has 1 atom stereocenters. The van der Waals surface area contributed by atoms with Crippen molar-refractivity contribution >= 4 is 35.6 Å². The molecule has 3 rings (SSSR count). The number of guanidine groups is 1. The Labute approximate surface area is 203 Å². The lowest BCUT2D eigenvalue weighted by Crippen LogP contribution is -2.40. The minimum atomic E-state index is 0. The molecule has 1 fully saturated rings. The highest BCUT2D eigenvalue weighted by Crippen LogP contribution is 2.23. The van der Waals surface area contributed by atoms with Gasteiger partial charge < -0.3 is 25.0 Å². The number of anilines is 1. The van der Waals surface area contributed by atoms with E-state index in [0.717, 1.165) is 30.4 Å². The molecule has 1 aliphatic heterocycles. The average Bonchev–Trinajstić information content (AvgIpc) is 3.33. The van der Waals surface area contributed by atoms with Crippen LogP contribution in [0.25, 0.3) is 0 Å². The molecule has 0 spiro atoms. The predicted octanol–water partition coefficient (Wildman–Crippen LogP) is 4.36. The van der Waals surface area contributed by atoms with Crippen LogP contribution in [0, 0.1) is 0 Å². The van der Waals surface area contributed by atoms with Gasteiger partial charge in [0, 0.05) is 32.4 Å². The van der Waals surface area contributed by atoms with E-state index in [-0.39, 0.29) is 30.0 Å². The molecule has 0 aromatic heterocycles. The quantitative estimate of drug-likeness (QED) is 0.215. The number of hydrogen-bond donors (Lipinski definition) is 2. The Hall–Kier alpha value is -2.00. The molecule has 2 N–H and O–H groups in total. The largest absolute Gasteiger partial charge is 0.497 e. The van der Waals surface area contributed by atoms with Crippen molar-refractivity contribution in [2.75, 3.05) is 45.3 Å². The molecule has 1 unspecified atom stereocenters. The number of nitrogens with one attached hydrogen (secondary N) is 2. The molecule has 2 aromatic rings. The van der Waals surface area contributed by atoms with E-state index in [9.17, 15) is 0 Å². The van der Waals surface area contributed by atoms with Gasteiger partial charge in [-0.15, -0.1) is 24.0 Å². The second-order valence-corrected chi connectivity index (χ2v) is 7.56. The van der Waals surface area contributed by atoms with E-state index in [2.05, 4.69) is 51.7 Å². The first-order valence-corrected chi connectivity index (χ1v) is 10.7. The summed E-state index contributed by atoms with van der Waals surface area (Å²) in [6.45, 7) is 6.31. The number of benzene rings is 2. The molecular weight excluding hydrogens is 503 g/mol. The summed E-state index contributed by atoms with van der Waals surface area (Å²) >= 11 is 0. The molecule has 0 aliphatic carbocycles. The molecule has 1 heterocycles. The lowest BCUT2D eigenvalue weighted by atomic mass is 10.1. The van der Waals surface area contributed by atoms with Gasteiger partial charge in [0.2, 0.25) is 0 Å². The number of nitrogens with zero attached hydrogens (tertiary/aromatic N) is 2. The van der Waals surface area contributed by atoms with Crippen molar-refractivity contribution in [2.45, 2.75) is 32.4 Å². The monoisotopic (exact) mass is 538 g/mol. The molecule has 0 amide bonds. The standard InChI is InChI=1S/C24H34N4O2.HI/c1-19(21-9-7-10-22(17-21)28-13-4-5-14-28)27-24(25-2)26-12-15-30-18-20-8-6-11-23(16-20)29-3;/h6-11,16-17,19H,4-5,12-15,18H2,1-3H3,(H2,25,26,27);1H. The van der Waals surface area contributed by atoms with Gasteiger partial charge in [-0.1, -0.05) is 24.3 Å². The second kappa shape index (κ2) is 13.4. The van der Waals surface area contributed by atoms with Crippen LogP contribution in [-0.2, 0) is 11.3 Å². The summed E-state index contributed by atoms with van der Waals surface area (Å²) in [5.41, 5.74) is 3.67. The number of rotatable bonds is 9. The second-order valence-electron chi connectivity index (χ2n) is 7.56. The van der Waals surface area contributed by atoms with Crippen LogP contribution in [0.4, 0.5) is 5.69 Å². The number of hydrogen-bond acceptors (Lipinski definition) is 4. The fourth-order valence-electron chi connectivity index (χ4n) is 3.64. The van der Waals surface area contributed by atoms with Crippen LogP contribution in [0.15, 0.2) is 53.5 Å². The molecule has 170 valence electrons. The van der Waals surface area contributed by atoms with Crippen molar-refractivity contribution in [1.82, 2.24) is 10.6 Å². The predicted molar refractivity (Wildman–Crippen MR) is 139 cm³/mol. The van der Waals surface area contributed by atoms with E-state index in [1.165, 1.54) is 24.1 Å². The lowest BCUT2D eigenvalue weighted by Gasteiger charge is -2.22. The first-order valence-electron chi connectivity index (χ1n) is 10.7. The lowest BCUT2D eigenvalue weighted by molar-refractivity contribution is 0.125. The minimum Gasteiger partial charge on any atom is -0.497 e. The third kappa shape index (κ3) is 7.88. The summed E-state index contributed by atoms with van der Waals surface area (Å²) in [4.78, 5) is 6.81. The number of aliphatic imine (C=N–C) groups is 1. The van der Waals surface area contributed by atoms with Gasteiger partial charge in [0.1, 0.15) is 5.75 Å². The Morgan fingerprint density at radius 2 is 1.90 bits per heavy atom. The maximum atomic E-state index is 5.77. The highest BCUT2D eigenvalue weighted by atomic mass is 127. The number of methoxy groups -OCH3 is 1. The molecule has 0 radical (unpaired) electrons. The average molecular weight is 538 g/mol.